The summed E-state index contributed by atoms with van der Waals surface area (Å²) in [6.45, 7) is 1.15. The van der Waals surface area contributed by atoms with Crippen LogP contribution in [0.5, 0.6) is 0 Å². The maximum Gasteiger partial charge on any atom is 0.416 e. The molecule has 5 aromatic rings. The second-order valence-corrected chi connectivity index (χ2v) is 11.7. The molecule has 0 spiro atoms. The Morgan fingerprint density at radius 3 is 2.19 bits per heavy atom. The fourth-order valence-electron chi connectivity index (χ4n) is 5.95. The zero-order valence-electron chi connectivity index (χ0n) is 25.7. The van der Waals surface area contributed by atoms with Gasteiger partial charge in [0.1, 0.15) is 6.04 Å². The van der Waals surface area contributed by atoms with E-state index in [1.807, 2.05) is 96.0 Å². The Hall–Kier alpha value is -5.37. The van der Waals surface area contributed by atoms with Gasteiger partial charge in [-0.15, -0.1) is 0 Å². The van der Waals surface area contributed by atoms with E-state index in [-0.39, 0.29) is 12.5 Å². The van der Waals surface area contributed by atoms with Gasteiger partial charge in [0.25, 0.3) is 0 Å². The number of rotatable bonds is 9. The monoisotopic (exact) mass is 633 g/mol. The van der Waals surface area contributed by atoms with Crippen molar-refractivity contribution in [3.8, 4) is 11.3 Å². The molecule has 0 saturated heterocycles. The molecular formula is C39H34F3N3O2. The van der Waals surface area contributed by atoms with Crippen molar-refractivity contribution in [2.75, 3.05) is 6.54 Å². The second kappa shape index (κ2) is 14.0. The molecule has 2 heterocycles. The van der Waals surface area contributed by atoms with Crippen LogP contribution < -0.4 is 0 Å². The maximum absolute atomic E-state index is 14.5. The molecular weight excluding hydrogens is 599 g/mol. The Balaban J connectivity index is 1.33. The molecule has 5 nitrogen and oxygen atoms in total. The lowest BCUT2D eigenvalue weighted by Gasteiger charge is -2.37. The average molecular weight is 634 g/mol. The molecule has 0 bridgehead atoms. The van der Waals surface area contributed by atoms with E-state index in [0.29, 0.717) is 25.1 Å². The van der Waals surface area contributed by atoms with Crippen molar-refractivity contribution in [3.05, 3.63) is 161 Å². The van der Waals surface area contributed by atoms with Gasteiger partial charge in [-0.2, -0.15) is 13.2 Å². The van der Waals surface area contributed by atoms with Crippen molar-refractivity contribution < 1.29 is 22.8 Å². The quantitative estimate of drug-likeness (QED) is 0.168. The number of aromatic nitrogens is 1. The Labute approximate surface area is 272 Å². The zero-order valence-corrected chi connectivity index (χ0v) is 25.7. The smallest absolute Gasteiger partial charge is 0.361 e. The third kappa shape index (κ3) is 7.72. The normalized spacial score (nSPS) is 13.7. The van der Waals surface area contributed by atoms with Gasteiger partial charge in [-0.05, 0) is 70.1 Å². The van der Waals surface area contributed by atoms with Gasteiger partial charge in [0.2, 0.25) is 11.8 Å². The van der Waals surface area contributed by atoms with E-state index < -0.39 is 23.7 Å². The van der Waals surface area contributed by atoms with E-state index in [2.05, 4.69) is 11.1 Å². The molecule has 0 fully saturated rings. The van der Waals surface area contributed by atoms with E-state index in [4.69, 9.17) is 0 Å². The first-order chi connectivity index (χ1) is 22.7. The van der Waals surface area contributed by atoms with Crippen LogP contribution >= 0.6 is 0 Å². The minimum atomic E-state index is -4.45. The fraction of sp³-hybridized carbons (Fsp3) is 0.179. The highest BCUT2D eigenvalue weighted by atomic mass is 19.4. The summed E-state index contributed by atoms with van der Waals surface area (Å²) in [6.07, 6.45) is 1.26. The summed E-state index contributed by atoms with van der Waals surface area (Å²) in [4.78, 5) is 35.2. The molecule has 0 radical (unpaired) electrons. The van der Waals surface area contributed by atoms with Crippen molar-refractivity contribution in [1.29, 1.82) is 0 Å². The third-order valence-electron chi connectivity index (χ3n) is 8.53. The lowest BCUT2D eigenvalue weighted by atomic mass is 9.97. The number of amides is 2. The van der Waals surface area contributed by atoms with E-state index in [9.17, 15) is 22.8 Å². The summed E-state index contributed by atoms with van der Waals surface area (Å²) >= 11 is 0. The van der Waals surface area contributed by atoms with Crippen LogP contribution in [-0.4, -0.2) is 39.2 Å². The van der Waals surface area contributed by atoms with Crippen LogP contribution in [0.15, 0.2) is 128 Å². The lowest BCUT2D eigenvalue weighted by molar-refractivity contribution is -0.144. The fourth-order valence-corrected chi connectivity index (χ4v) is 5.95. The van der Waals surface area contributed by atoms with E-state index >= 15 is 0 Å². The van der Waals surface area contributed by atoms with Crippen molar-refractivity contribution >= 4 is 17.9 Å². The van der Waals surface area contributed by atoms with Crippen LogP contribution in [0.2, 0.25) is 0 Å². The average Bonchev–Trinajstić information content (AvgIpc) is 3.64. The number of nitrogens with one attached hydrogen (secondary N) is 1. The predicted molar refractivity (Wildman–Crippen MR) is 177 cm³/mol. The summed E-state index contributed by atoms with van der Waals surface area (Å²) in [7, 11) is 0. The Morgan fingerprint density at radius 1 is 0.809 bits per heavy atom. The number of carbonyl (C=O) groups excluding carboxylic acids is 2. The Kier molecular flexibility index (Phi) is 9.38. The van der Waals surface area contributed by atoms with E-state index in [1.165, 1.54) is 29.8 Å². The van der Waals surface area contributed by atoms with Gasteiger partial charge in [-0.1, -0.05) is 91.0 Å². The van der Waals surface area contributed by atoms with E-state index in [1.54, 1.807) is 4.90 Å². The summed E-state index contributed by atoms with van der Waals surface area (Å²) in [5.74, 6) is -0.562. The first-order valence-corrected chi connectivity index (χ1v) is 15.5. The van der Waals surface area contributed by atoms with Crippen LogP contribution in [0.4, 0.5) is 13.2 Å². The van der Waals surface area contributed by atoms with Crippen LogP contribution in [0, 0.1) is 0 Å². The number of nitrogens with zero attached hydrogens (tertiary/aromatic N) is 2. The molecule has 6 rings (SSSR count). The molecule has 238 valence electrons. The number of hydrogen-bond donors (Lipinski definition) is 1. The molecule has 4 aromatic carbocycles. The predicted octanol–water partition coefficient (Wildman–Crippen LogP) is 7.94. The molecule has 0 saturated carbocycles. The van der Waals surface area contributed by atoms with Crippen LogP contribution in [0.1, 0.15) is 33.4 Å². The van der Waals surface area contributed by atoms with Crippen molar-refractivity contribution in [3.63, 3.8) is 0 Å². The highest BCUT2D eigenvalue weighted by Gasteiger charge is 2.34. The molecule has 0 aliphatic carbocycles. The van der Waals surface area contributed by atoms with Gasteiger partial charge >= 0.3 is 6.18 Å². The molecule has 0 unspecified atom stereocenters. The van der Waals surface area contributed by atoms with E-state index in [0.717, 1.165) is 46.5 Å². The minimum Gasteiger partial charge on any atom is -0.361 e. The van der Waals surface area contributed by atoms with Gasteiger partial charge in [0.05, 0.1) is 5.56 Å². The SMILES string of the molecule is O=C([C@H](Cc1ccccc1)N(Cc1ccc(-c2ccc[nH]2)cc1)C(=O)C=Cc1ccc(C(F)(F)F)cc1)N1CCc2ccccc2C1. The highest BCUT2D eigenvalue weighted by molar-refractivity contribution is 5.96. The third-order valence-corrected chi connectivity index (χ3v) is 8.53. The van der Waals surface area contributed by atoms with Crippen LogP contribution in [0.25, 0.3) is 17.3 Å². The number of fused-ring (bicyclic) bond motifs is 1. The summed E-state index contributed by atoms with van der Waals surface area (Å²) in [5, 5.41) is 0. The van der Waals surface area contributed by atoms with Gasteiger partial charge in [0, 0.05) is 44.0 Å². The summed E-state index contributed by atoms with van der Waals surface area (Å²) in [6, 6.07) is 33.2. The largest absolute Gasteiger partial charge is 0.416 e. The van der Waals surface area contributed by atoms with Gasteiger partial charge in [-0.3, -0.25) is 9.59 Å². The van der Waals surface area contributed by atoms with Gasteiger partial charge in [0.15, 0.2) is 0 Å². The molecule has 2 amide bonds. The van der Waals surface area contributed by atoms with Crippen molar-refractivity contribution in [1.82, 2.24) is 14.8 Å². The van der Waals surface area contributed by atoms with Crippen molar-refractivity contribution in [2.45, 2.75) is 38.1 Å². The number of H-pyrrole nitrogens is 1. The number of halogens is 3. The standard InChI is InChI=1S/C39H34F3N3O2/c40-39(41,42)34-19-14-28(15-20-34)16-21-37(46)45(26-30-12-17-32(18-13-30)35-11-6-23-43-35)36(25-29-7-2-1-3-8-29)38(47)44-24-22-31-9-4-5-10-33(31)27-44/h1-21,23,36,43H,22,24-27H2/t36-/m0/s1. The number of aromatic amines is 1. The number of benzene rings is 4. The first kappa shape index (κ1) is 31.6. The van der Waals surface area contributed by atoms with Gasteiger partial charge < -0.3 is 14.8 Å². The highest BCUT2D eigenvalue weighted by Crippen LogP contribution is 2.29. The van der Waals surface area contributed by atoms with Crippen molar-refractivity contribution in [2.24, 2.45) is 0 Å². The Bertz CT molecular complexity index is 1830. The maximum atomic E-state index is 14.5. The molecule has 1 aliphatic rings. The minimum absolute atomic E-state index is 0.150. The Morgan fingerprint density at radius 2 is 1.51 bits per heavy atom. The molecule has 8 heteroatoms. The topological polar surface area (TPSA) is 56.4 Å². The molecule has 1 aliphatic heterocycles. The zero-order chi connectivity index (χ0) is 32.8. The first-order valence-electron chi connectivity index (χ1n) is 15.5. The number of alkyl halides is 3. The van der Waals surface area contributed by atoms with Crippen LogP contribution in [-0.2, 0) is 41.7 Å². The van der Waals surface area contributed by atoms with Gasteiger partial charge in [-0.25, -0.2) is 0 Å². The number of carbonyl (C=O) groups is 2. The summed E-state index contributed by atoms with van der Waals surface area (Å²) < 4.78 is 39.3. The molecule has 1 aromatic heterocycles. The summed E-state index contributed by atoms with van der Waals surface area (Å²) in [5.41, 5.74) is 5.69. The molecule has 1 N–H and O–H groups in total. The molecule has 47 heavy (non-hydrogen) atoms. The second-order valence-electron chi connectivity index (χ2n) is 11.7. The van der Waals surface area contributed by atoms with Crippen LogP contribution in [0.3, 0.4) is 0 Å². The lowest BCUT2D eigenvalue weighted by Crippen LogP contribution is -2.52. The molecule has 1 atom stereocenters. The number of hydrogen-bond acceptors (Lipinski definition) is 2.